The predicted octanol–water partition coefficient (Wildman–Crippen LogP) is 4.17. The average Bonchev–Trinajstić information content (AvgIpc) is 2.49. The van der Waals surface area contributed by atoms with Gasteiger partial charge in [0.25, 0.3) is 0 Å². The fourth-order valence-electron chi connectivity index (χ4n) is 2.82. The lowest BCUT2D eigenvalue weighted by molar-refractivity contribution is -0.142. The molecule has 0 amide bonds. The largest absolute Gasteiger partial charge is 0.469 e. The zero-order valence-corrected chi connectivity index (χ0v) is 14.4. The number of benzene rings is 1. The first-order valence-electron chi connectivity index (χ1n) is 7.00. The SMILES string of the molecule is COC(=O)C(CCC#N)c1c(C)nc2cc(Br)ccc2c1C. The predicted molar refractivity (Wildman–Crippen MR) is 88.5 cm³/mol. The topological polar surface area (TPSA) is 63.0 Å². The summed E-state index contributed by atoms with van der Waals surface area (Å²) in [6.07, 6.45) is 0.742. The number of esters is 1. The number of halogens is 1. The molecule has 1 atom stereocenters. The maximum absolute atomic E-state index is 12.1. The Hall–Kier alpha value is -1.93. The quantitative estimate of drug-likeness (QED) is 0.767. The summed E-state index contributed by atoms with van der Waals surface area (Å²) >= 11 is 3.45. The number of hydrogen-bond donors (Lipinski definition) is 0. The van der Waals surface area contributed by atoms with Gasteiger partial charge in [0.05, 0.1) is 24.6 Å². The molecule has 4 nitrogen and oxygen atoms in total. The average molecular weight is 361 g/mol. The molecule has 0 aliphatic rings. The van der Waals surface area contributed by atoms with Gasteiger partial charge in [-0.25, -0.2) is 0 Å². The van der Waals surface area contributed by atoms with Crippen molar-refractivity contribution in [3.63, 3.8) is 0 Å². The van der Waals surface area contributed by atoms with Gasteiger partial charge in [0.15, 0.2) is 0 Å². The monoisotopic (exact) mass is 360 g/mol. The molecule has 1 unspecified atom stereocenters. The van der Waals surface area contributed by atoms with Crippen LogP contribution in [0.3, 0.4) is 0 Å². The minimum Gasteiger partial charge on any atom is -0.469 e. The number of rotatable bonds is 4. The molecule has 1 heterocycles. The Morgan fingerprint density at radius 1 is 1.45 bits per heavy atom. The van der Waals surface area contributed by atoms with Gasteiger partial charge in [0.2, 0.25) is 0 Å². The molecule has 0 saturated carbocycles. The number of carbonyl (C=O) groups excluding carboxylic acids is 1. The summed E-state index contributed by atoms with van der Waals surface area (Å²) in [6, 6.07) is 8.00. The first-order chi connectivity index (χ1) is 10.5. The van der Waals surface area contributed by atoms with E-state index in [1.54, 1.807) is 0 Å². The van der Waals surface area contributed by atoms with E-state index in [9.17, 15) is 4.79 Å². The molecule has 0 bridgehead atoms. The molecular formula is C17H17BrN2O2. The second-order valence-corrected chi connectivity index (χ2v) is 6.09. The van der Waals surface area contributed by atoms with Crippen LogP contribution in [-0.4, -0.2) is 18.1 Å². The number of ether oxygens (including phenoxy) is 1. The molecule has 0 saturated heterocycles. The Morgan fingerprint density at radius 3 is 2.82 bits per heavy atom. The van der Waals surface area contributed by atoms with Crippen LogP contribution < -0.4 is 0 Å². The lowest BCUT2D eigenvalue weighted by Crippen LogP contribution is -2.17. The molecular weight excluding hydrogens is 344 g/mol. The van der Waals surface area contributed by atoms with Gasteiger partial charge < -0.3 is 4.74 Å². The summed E-state index contributed by atoms with van der Waals surface area (Å²) in [7, 11) is 1.37. The lowest BCUT2D eigenvalue weighted by atomic mass is 9.88. The number of carbonyl (C=O) groups is 1. The molecule has 22 heavy (non-hydrogen) atoms. The number of methoxy groups -OCH3 is 1. The Balaban J connectivity index is 2.64. The van der Waals surface area contributed by atoms with Gasteiger partial charge in [-0.2, -0.15) is 5.26 Å². The van der Waals surface area contributed by atoms with Crippen LogP contribution in [0.2, 0.25) is 0 Å². The molecule has 2 aromatic rings. The summed E-state index contributed by atoms with van der Waals surface area (Å²) in [5.41, 5.74) is 3.58. The van der Waals surface area contributed by atoms with Crippen LogP contribution in [0.1, 0.15) is 35.6 Å². The third kappa shape index (κ3) is 3.12. The number of nitriles is 1. The highest BCUT2D eigenvalue weighted by Crippen LogP contribution is 2.33. The van der Waals surface area contributed by atoms with Gasteiger partial charge in [-0.05, 0) is 43.5 Å². The summed E-state index contributed by atoms with van der Waals surface area (Å²) in [5, 5.41) is 9.84. The first kappa shape index (κ1) is 16.4. The minimum absolute atomic E-state index is 0.303. The Labute approximate surface area is 138 Å². The van der Waals surface area contributed by atoms with Crippen molar-refractivity contribution in [2.24, 2.45) is 0 Å². The fraction of sp³-hybridized carbons (Fsp3) is 0.353. The summed E-state index contributed by atoms with van der Waals surface area (Å²) < 4.78 is 5.89. The molecule has 5 heteroatoms. The van der Waals surface area contributed by atoms with Crippen LogP contribution in [0.25, 0.3) is 10.9 Å². The molecule has 0 fully saturated rings. The first-order valence-corrected chi connectivity index (χ1v) is 7.80. The highest BCUT2D eigenvalue weighted by Gasteiger charge is 2.26. The Kier molecular flexibility index (Phi) is 5.15. The van der Waals surface area contributed by atoms with Crippen molar-refractivity contribution in [3.8, 4) is 6.07 Å². The van der Waals surface area contributed by atoms with Crippen LogP contribution in [-0.2, 0) is 9.53 Å². The second kappa shape index (κ2) is 6.89. The molecule has 114 valence electrons. The number of nitrogens with zero attached hydrogens (tertiary/aromatic N) is 2. The number of aromatic nitrogens is 1. The van der Waals surface area contributed by atoms with Crippen LogP contribution >= 0.6 is 15.9 Å². The van der Waals surface area contributed by atoms with Gasteiger partial charge >= 0.3 is 5.97 Å². The van der Waals surface area contributed by atoms with Crippen molar-refractivity contribution >= 4 is 32.8 Å². The van der Waals surface area contributed by atoms with Crippen LogP contribution in [0.4, 0.5) is 0 Å². The maximum atomic E-state index is 12.1. The Bertz CT molecular complexity index is 765. The van der Waals surface area contributed by atoms with Crippen molar-refractivity contribution < 1.29 is 9.53 Å². The van der Waals surface area contributed by atoms with E-state index in [4.69, 9.17) is 10.00 Å². The van der Waals surface area contributed by atoms with Crippen molar-refractivity contribution in [3.05, 3.63) is 39.5 Å². The number of aryl methyl sites for hydroxylation is 2. The summed E-state index contributed by atoms with van der Waals surface area (Å²) in [4.78, 5) is 16.8. The van der Waals surface area contributed by atoms with Crippen molar-refractivity contribution in [1.29, 1.82) is 5.26 Å². The molecule has 0 aliphatic heterocycles. The van der Waals surface area contributed by atoms with Gasteiger partial charge in [-0.15, -0.1) is 0 Å². The smallest absolute Gasteiger partial charge is 0.313 e. The zero-order valence-electron chi connectivity index (χ0n) is 12.8. The van der Waals surface area contributed by atoms with Gasteiger partial charge in [0, 0.05) is 22.0 Å². The van der Waals surface area contributed by atoms with Crippen LogP contribution in [0, 0.1) is 25.2 Å². The number of pyridine rings is 1. The van der Waals surface area contributed by atoms with E-state index in [-0.39, 0.29) is 5.97 Å². The van der Waals surface area contributed by atoms with E-state index >= 15 is 0 Å². The normalized spacial score (nSPS) is 12.0. The van der Waals surface area contributed by atoms with E-state index < -0.39 is 5.92 Å². The third-order valence-electron chi connectivity index (χ3n) is 3.82. The van der Waals surface area contributed by atoms with Gasteiger partial charge in [-0.1, -0.05) is 22.0 Å². The second-order valence-electron chi connectivity index (χ2n) is 5.17. The van der Waals surface area contributed by atoms with E-state index in [0.29, 0.717) is 12.8 Å². The number of hydrogen-bond acceptors (Lipinski definition) is 4. The van der Waals surface area contributed by atoms with Gasteiger partial charge in [-0.3, -0.25) is 9.78 Å². The molecule has 0 spiro atoms. The van der Waals surface area contributed by atoms with E-state index in [1.807, 2.05) is 32.0 Å². The highest BCUT2D eigenvalue weighted by molar-refractivity contribution is 9.10. The standard InChI is InChI=1S/C17H17BrN2O2/c1-10-13-7-6-12(18)9-15(13)20-11(2)16(10)14(5-4-8-19)17(21)22-3/h6-7,9,14H,4-5H2,1-3H3. The molecule has 1 aromatic carbocycles. The molecule has 0 radical (unpaired) electrons. The maximum Gasteiger partial charge on any atom is 0.313 e. The van der Waals surface area contributed by atoms with Crippen molar-refractivity contribution in [1.82, 2.24) is 4.98 Å². The number of fused-ring (bicyclic) bond motifs is 1. The van der Waals surface area contributed by atoms with Crippen LogP contribution in [0.15, 0.2) is 22.7 Å². The highest BCUT2D eigenvalue weighted by atomic mass is 79.9. The zero-order chi connectivity index (χ0) is 16.3. The third-order valence-corrected chi connectivity index (χ3v) is 4.32. The van der Waals surface area contributed by atoms with E-state index in [0.717, 1.165) is 32.2 Å². The van der Waals surface area contributed by atoms with Crippen LogP contribution in [0.5, 0.6) is 0 Å². The molecule has 1 aromatic heterocycles. The lowest BCUT2D eigenvalue weighted by Gasteiger charge is -2.19. The minimum atomic E-state index is -0.454. The summed E-state index contributed by atoms with van der Waals surface area (Å²) in [6.45, 7) is 3.88. The molecule has 0 N–H and O–H groups in total. The molecule has 0 aliphatic carbocycles. The fourth-order valence-corrected chi connectivity index (χ4v) is 3.17. The van der Waals surface area contributed by atoms with E-state index in [2.05, 4.69) is 27.0 Å². The van der Waals surface area contributed by atoms with Crippen molar-refractivity contribution in [2.45, 2.75) is 32.6 Å². The Morgan fingerprint density at radius 2 is 2.18 bits per heavy atom. The molecule has 2 rings (SSSR count). The van der Waals surface area contributed by atoms with Crippen molar-refractivity contribution in [2.75, 3.05) is 7.11 Å². The van der Waals surface area contributed by atoms with Gasteiger partial charge in [0.1, 0.15) is 0 Å². The van der Waals surface area contributed by atoms with E-state index in [1.165, 1.54) is 7.11 Å². The summed E-state index contributed by atoms with van der Waals surface area (Å²) in [5.74, 6) is -0.773.